The molecule has 16 heavy (non-hydrogen) atoms. The van der Waals surface area contributed by atoms with Gasteiger partial charge in [0.1, 0.15) is 23.6 Å². The molecule has 1 saturated carbocycles. The van der Waals surface area contributed by atoms with Crippen LogP contribution in [-0.2, 0) is 5.54 Å². The maximum Gasteiger partial charge on any atom is 0.128 e. The van der Waals surface area contributed by atoms with Crippen LogP contribution in [0.15, 0.2) is 18.2 Å². The lowest BCUT2D eigenvalue weighted by atomic mass is 9.92. The molecule has 4 heteroatoms. The van der Waals surface area contributed by atoms with Gasteiger partial charge in [0, 0.05) is 17.7 Å². The first-order valence-corrected chi connectivity index (χ1v) is 5.58. The van der Waals surface area contributed by atoms with Crippen molar-refractivity contribution in [3.05, 3.63) is 23.8 Å². The first-order valence-electron chi connectivity index (χ1n) is 5.58. The van der Waals surface area contributed by atoms with E-state index in [0.717, 1.165) is 18.4 Å². The quantitative estimate of drug-likeness (QED) is 0.704. The average Bonchev–Trinajstić information content (AvgIpc) is 3.02. The fourth-order valence-corrected chi connectivity index (χ4v) is 2.22. The third-order valence-corrected chi connectivity index (χ3v) is 3.28. The smallest absolute Gasteiger partial charge is 0.128 e. The van der Waals surface area contributed by atoms with Gasteiger partial charge in [-0.2, -0.15) is 0 Å². The molecule has 3 N–H and O–H groups in total. The number of aliphatic hydroxyl groups excluding tert-OH is 1. The van der Waals surface area contributed by atoms with E-state index < -0.39 is 5.54 Å². The summed E-state index contributed by atoms with van der Waals surface area (Å²) in [6, 6.07) is 5.55. The number of rotatable bonds is 3. The van der Waals surface area contributed by atoms with E-state index in [1.54, 1.807) is 12.1 Å². The Hall–Kier alpha value is -1.26. The summed E-state index contributed by atoms with van der Waals surface area (Å²) in [7, 11) is 0. The second-order valence-corrected chi connectivity index (χ2v) is 4.63. The van der Waals surface area contributed by atoms with Crippen LogP contribution in [0.2, 0.25) is 0 Å². The number of ether oxygens (including phenoxy) is 1. The number of aliphatic hydroxyl groups is 1. The van der Waals surface area contributed by atoms with Gasteiger partial charge in [-0.05, 0) is 25.0 Å². The molecular formula is C12H15NO3. The van der Waals surface area contributed by atoms with Crippen molar-refractivity contribution in [1.82, 2.24) is 5.32 Å². The van der Waals surface area contributed by atoms with Crippen molar-refractivity contribution < 1.29 is 14.9 Å². The Morgan fingerprint density at radius 3 is 2.94 bits per heavy atom. The van der Waals surface area contributed by atoms with Crippen LogP contribution in [0, 0.1) is 0 Å². The number of phenols is 1. The second kappa shape index (κ2) is 3.37. The first kappa shape index (κ1) is 9.93. The highest BCUT2D eigenvalue weighted by atomic mass is 16.5. The van der Waals surface area contributed by atoms with Crippen molar-refractivity contribution in [2.45, 2.75) is 24.4 Å². The van der Waals surface area contributed by atoms with Gasteiger partial charge in [-0.15, -0.1) is 0 Å². The number of hydrogen-bond donors (Lipinski definition) is 3. The molecule has 0 amide bonds. The molecule has 2 aliphatic rings. The summed E-state index contributed by atoms with van der Waals surface area (Å²) in [5.74, 6) is 0.862. The highest BCUT2D eigenvalue weighted by Crippen LogP contribution is 2.40. The Kier molecular flexibility index (Phi) is 2.09. The Morgan fingerprint density at radius 2 is 2.25 bits per heavy atom. The molecule has 1 atom stereocenters. The largest absolute Gasteiger partial charge is 0.508 e. The molecule has 0 saturated heterocycles. The predicted octanol–water partition coefficient (Wildman–Crippen LogP) is 0.724. The Bertz CT molecular complexity index is 417. The molecule has 0 spiro atoms. The standard InChI is InChI=1S/C12H15NO3/c14-6-12(13-8-1-2-8)7-16-11-5-9(15)3-4-10(11)12/h3-5,8,13-15H,1-2,6-7H2. The third-order valence-electron chi connectivity index (χ3n) is 3.28. The fraction of sp³-hybridized carbons (Fsp3) is 0.500. The van der Waals surface area contributed by atoms with E-state index in [1.807, 2.05) is 6.07 Å². The number of hydrogen-bond acceptors (Lipinski definition) is 4. The van der Waals surface area contributed by atoms with Crippen LogP contribution in [0.25, 0.3) is 0 Å². The molecule has 86 valence electrons. The number of nitrogens with one attached hydrogen (secondary N) is 1. The molecule has 3 rings (SSSR count). The van der Waals surface area contributed by atoms with E-state index in [0.29, 0.717) is 18.4 Å². The lowest BCUT2D eigenvalue weighted by Gasteiger charge is -2.27. The van der Waals surface area contributed by atoms with E-state index in [-0.39, 0.29) is 12.4 Å². The number of fused-ring (bicyclic) bond motifs is 1. The number of phenolic OH excluding ortho intramolecular Hbond substituents is 1. The molecule has 1 unspecified atom stereocenters. The van der Waals surface area contributed by atoms with E-state index in [1.165, 1.54) is 0 Å². The highest BCUT2D eigenvalue weighted by molar-refractivity contribution is 5.47. The fourth-order valence-electron chi connectivity index (χ4n) is 2.22. The SMILES string of the molecule is OCC1(NC2CC2)COc2cc(O)ccc21. The lowest BCUT2D eigenvalue weighted by molar-refractivity contribution is 0.128. The van der Waals surface area contributed by atoms with Crippen LogP contribution in [0.4, 0.5) is 0 Å². The molecule has 0 aromatic heterocycles. The minimum absolute atomic E-state index is 0.0152. The van der Waals surface area contributed by atoms with Gasteiger partial charge >= 0.3 is 0 Å². The molecule has 0 bridgehead atoms. The van der Waals surface area contributed by atoms with E-state index in [9.17, 15) is 10.2 Å². The average molecular weight is 221 g/mol. The molecule has 1 aromatic rings. The van der Waals surface area contributed by atoms with Crippen molar-refractivity contribution in [3.63, 3.8) is 0 Å². The van der Waals surface area contributed by atoms with Crippen LogP contribution in [0.1, 0.15) is 18.4 Å². The molecule has 0 radical (unpaired) electrons. The van der Waals surface area contributed by atoms with Crippen LogP contribution in [0.3, 0.4) is 0 Å². The van der Waals surface area contributed by atoms with Crippen molar-refractivity contribution in [2.75, 3.05) is 13.2 Å². The Balaban J connectivity index is 1.97. The molecule has 1 aliphatic carbocycles. The van der Waals surface area contributed by atoms with E-state index >= 15 is 0 Å². The number of aromatic hydroxyl groups is 1. The van der Waals surface area contributed by atoms with E-state index in [2.05, 4.69) is 5.32 Å². The number of benzene rings is 1. The van der Waals surface area contributed by atoms with Gasteiger partial charge < -0.3 is 14.9 Å². The zero-order chi connectivity index (χ0) is 11.2. The van der Waals surface area contributed by atoms with E-state index in [4.69, 9.17) is 4.74 Å². The van der Waals surface area contributed by atoms with Crippen LogP contribution in [0.5, 0.6) is 11.5 Å². The van der Waals surface area contributed by atoms with Crippen molar-refractivity contribution >= 4 is 0 Å². The van der Waals surface area contributed by atoms with Gasteiger partial charge in [-0.3, -0.25) is 5.32 Å². The molecule has 1 heterocycles. The summed E-state index contributed by atoms with van der Waals surface area (Å²) in [4.78, 5) is 0. The highest BCUT2D eigenvalue weighted by Gasteiger charge is 2.43. The van der Waals surface area contributed by atoms with Gasteiger partial charge in [-0.25, -0.2) is 0 Å². The predicted molar refractivity (Wildman–Crippen MR) is 58.5 cm³/mol. The summed E-state index contributed by atoms with van der Waals surface area (Å²) >= 11 is 0. The van der Waals surface area contributed by atoms with Crippen molar-refractivity contribution in [1.29, 1.82) is 0 Å². The van der Waals surface area contributed by atoms with Gasteiger partial charge in [0.25, 0.3) is 0 Å². The topological polar surface area (TPSA) is 61.7 Å². The van der Waals surface area contributed by atoms with Gasteiger partial charge in [0.05, 0.1) is 6.61 Å². The second-order valence-electron chi connectivity index (χ2n) is 4.63. The van der Waals surface area contributed by atoms with Crippen LogP contribution < -0.4 is 10.1 Å². The van der Waals surface area contributed by atoms with Gasteiger partial charge in [-0.1, -0.05) is 0 Å². The summed E-state index contributed by atoms with van der Waals surface area (Å²) in [6.45, 7) is 0.445. The molecule has 1 aliphatic heterocycles. The van der Waals surface area contributed by atoms with Crippen LogP contribution >= 0.6 is 0 Å². The van der Waals surface area contributed by atoms with Gasteiger partial charge in [0.2, 0.25) is 0 Å². The minimum Gasteiger partial charge on any atom is -0.508 e. The normalized spacial score (nSPS) is 27.6. The zero-order valence-electron chi connectivity index (χ0n) is 8.94. The molecule has 1 fully saturated rings. The van der Waals surface area contributed by atoms with Gasteiger partial charge in [0.15, 0.2) is 0 Å². The minimum atomic E-state index is -0.482. The molecule has 1 aromatic carbocycles. The Morgan fingerprint density at radius 1 is 1.44 bits per heavy atom. The third kappa shape index (κ3) is 1.45. The first-order chi connectivity index (χ1) is 7.73. The van der Waals surface area contributed by atoms with Crippen molar-refractivity contribution in [3.8, 4) is 11.5 Å². The summed E-state index contributed by atoms with van der Waals surface area (Å²) in [5.41, 5.74) is 0.462. The summed E-state index contributed by atoms with van der Waals surface area (Å²) < 4.78 is 5.53. The summed E-state index contributed by atoms with van der Waals surface area (Å²) in [6.07, 6.45) is 2.32. The summed E-state index contributed by atoms with van der Waals surface area (Å²) in [5, 5.41) is 22.4. The zero-order valence-corrected chi connectivity index (χ0v) is 8.94. The maximum absolute atomic E-state index is 9.60. The van der Waals surface area contributed by atoms with Crippen molar-refractivity contribution in [2.24, 2.45) is 0 Å². The lowest BCUT2D eigenvalue weighted by Crippen LogP contribution is -2.48. The van der Waals surface area contributed by atoms with Crippen LogP contribution in [-0.4, -0.2) is 29.5 Å². The Labute approximate surface area is 93.9 Å². The molecular weight excluding hydrogens is 206 g/mol. The monoisotopic (exact) mass is 221 g/mol. The molecule has 4 nitrogen and oxygen atoms in total. The maximum atomic E-state index is 9.60.